The minimum Gasteiger partial charge on any atom is -0.481 e. The second kappa shape index (κ2) is 5.76. The average molecular weight is 319 g/mol. The van der Waals surface area contributed by atoms with E-state index in [0.717, 1.165) is 10.8 Å². The van der Waals surface area contributed by atoms with Gasteiger partial charge < -0.3 is 9.67 Å². The van der Waals surface area contributed by atoms with Crippen LogP contribution in [-0.4, -0.2) is 20.6 Å². The fourth-order valence-corrected chi connectivity index (χ4v) is 1.88. The molecular formula is C10H11BrN2O5. The summed E-state index contributed by atoms with van der Waals surface area (Å²) >= 11 is 3.02. The molecule has 18 heavy (non-hydrogen) atoms. The van der Waals surface area contributed by atoms with E-state index in [1.165, 1.54) is 6.92 Å². The Balaban J connectivity index is 3.09. The molecule has 0 aliphatic rings. The highest BCUT2D eigenvalue weighted by Crippen LogP contribution is 2.22. The van der Waals surface area contributed by atoms with E-state index >= 15 is 0 Å². The van der Waals surface area contributed by atoms with Crippen molar-refractivity contribution < 1.29 is 14.8 Å². The first-order valence-corrected chi connectivity index (χ1v) is 5.89. The Morgan fingerprint density at radius 2 is 2.22 bits per heavy atom. The SMILES string of the molecule is Cc1c([N+](=O)[O-])cn(CCCC(=O)O)c(=O)c1Br. The number of hydrogen-bond acceptors (Lipinski definition) is 4. The number of aromatic nitrogens is 1. The highest BCUT2D eigenvalue weighted by atomic mass is 79.9. The number of nitrogens with zero attached hydrogens (tertiary/aromatic N) is 2. The first-order valence-electron chi connectivity index (χ1n) is 5.10. The minimum atomic E-state index is -0.969. The van der Waals surface area contributed by atoms with Crippen LogP contribution >= 0.6 is 15.9 Å². The van der Waals surface area contributed by atoms with Gasteiger partial charge in [-0.25, -0.2) is 0 Å². The zero-order chi connectivity index (χ0) is 13.9. The maximum atomic E-state index is 11.8. The Bertz CT molecular complexity index is 552. The molecule has 1 rings (SSSR count). The number of hydrogen-bond donors (Lipinski definition) is 1. The van der Waals surface area contributed by atoms with Crippen LogP contribution < -0.4 is 5.56 Å². The van der Waals surface area contributed by atoms with Crippen molar-refractivity contribution in [1.82, 2.24) is 4.57 Å². The van der Waals surface area contributed by atoms with Crippen LogP contribution in [0.1, 0.15) is 18.4 Å². The van der Waals surface area contributed by atoms with Crippen molar-refractivity contribution in [3.8, 4) is 0 Å². The smallest absolute Gasteiger partial charge is 0.303 e. The van der Waals surface area contributed by atoms with Crippen LogP contribution in [-0.2, 0) is 11.3 Å². The molecule has 1 heterocycles. The van der Waals surface area contributed by atoms with Crippen molar-refractivity contribution >= 4 is 27.6 Å². The minimum absolute atomic E-state index is 0.0915. The molecule has 1 N–H and O–H groups in total. The third kappa shape index (κ3) is 3.16. The molecular weight excluding hydrogens is 308 g/mol. The van der Waals surface area contributed by atoms with Crippen LogP contribution in [0.15, 0.2) is 15.5 Å². The lowest BCUT2D eigenvalue weighted by molar-refractivity contribution is -0.386. The lowest BCUT2D eigenvalue weighted by Crippen LogP contribution is -2.22. The number of nitro groups is 1. The van der Waals surface area contributed by atoms with Crippen molar-refractivity contribution in [1.29, 1.82) is 0 Å². The zero-order valence-corrected chi connectivity index (χ0v) is 11.1. The summed E-state index contributed by atoms with van der Waals surface area (Å²) in [6, 6.07) is 0. The Labute approximate surface area is 110 Å². The van der Waals surface area contributed by atoms with E-state index in [1.54, 1.807) is 0 Å². The Morgan fingerprint density at radius 3 is 2.72 bits per heavy atom. The molecule has 0 saturated carbocycles. The molecule has 8 heteroatoms. The summed E-state index contributed by atoms with van der Waals surface area (Å²) in [5.41, 5.74) is -0.306. The fraction of sp³-hybridized carbons (Fsp3) is 0.400. The van der Waals surface area contributed by atoms with E-state index in [-0.39, 0.29) is 35.1 Å². The van der Waals surface area contributed by atoms with Gasteiger partial charge in [0.2, 0.25) is 0 Å². The standard InChI is InChI=1S/C10H11BrN2O5/c1-6-7(13(17)18)5-12(10(16)9(6)11)4-2-3-8(14)15/h5H,2-4H2,1H3,(H,14,15). The molecule has 0 spiro atoms. The first kappa shape index (κ1) is 14.4. The van der Waals surface area contributed by atoms with Crippen LogP contribution in [0, 0.1) is 17.0 Å². The van der Waals surface area contributed by atoms with Gasteiger partial charge in [-0.15, -0.1) is 0 Å². The molecule has 1 aromatic heterocycles. The Kier molecular flexibility index (Phi) is 4.60. The summed E-state index contributed by atoms with van der Waals surface area (Å²) in [5.74, 6) is -0.969. The number of carbonyl (C=O) groups is 1. The zero-order valence-electron chi connectivity index (χ0n) is 9.55. The number of halogens is 1. The van der Waals surface area contributed by atoms with Gasteiger partial charge >= 0.3 is 5.97 Å². The van der Waals surface area contributed by atoms with Crippen LogP contribution in [0.3, 0.4) is 0 Å². The summed E-state index contributed by atoms with van der Waals surface area (Å²) in [7, 11) is 0. The molecule has 98 valence electrons. The first-order chi connectivity index (χ1) is 8.34. The molecule has 0 aromatic carbocycles. The maximum absolute atomic E-state index is 11.8. The molecule has 0 atom stereocenters. The molecule has 0 unspecified atom stereocenters. The van der Waals surface area contributed by atoms with Crippen LogP contribution in [0.2, 0.25) is 0 Å². The van der Waals surface area contributed by atoms with E-state index in [1.807, 2.05) is 0 Å². The third-order valence-corrected chi connectivity index (χ3v) is 3.36. The van der Waals surface area contributed by atoms with Gasteiger partial charge in [0.15, 0.2) is 0 Å². The summed E-state index contributed by atoms with van der Waals surface area (Å²) < 4.78 is 1.28. The Hall–Kier alpha value is -1.70. The molecule has 0 saturated heterocycles. The second-order valence-electron chi connectivity index (χ2n) is 3.71. The molecule has 0 bridgehead atoms. The summed E-state index contributed by atoms with van der Waals surface area (Å²) in [6.45, 7) is 1.61. The van der Waals surface area contributed by atoms with Gasteiger partial charge in [-0.3, -0.25) is 19.7 Å². The van der Waals surface area contributed by atoms with Gasteiger partial charge in [-0.05, 0) is 29.3 Å². The summed E-state index contributed by atoms with van der Waals surface area (Å²) in [5, 5.41) is 19.3. The molecule has 1 aromatic rings. The third-order valence-electron chi connectivity index (χ3n) is 2.43. The van der Waals surface area contributed by atoms with Crippen molar-refractivity contribution in [3.05, 3.63) is 36.7 Å². The van der Waals surface area contributed by atoms with Gasteiger partial charge in [0, 0.05) is 18.5 Å². The summed E-state index contributed by atoms with van der Waals surface area (Å²) in [4.78, 5) is 32.4. The van der Waals surface area contributed by atoms with Gasteiger partial charge in [-0.1, -0.05) is 0 Å². The molecule has 0 amide bonds. The van der Waals surface area contributed by atoms with Gasteiger partial charge in [-0.2, -0.15) is 0 Å². The second-order valence-corrected chi connectivity index (χ2v) is 4.50. The quantitative estimate of drug-likeness (QED) is 0.657. The van der Waals surface area contributed by atoms with Gasteiger partial charge in [0.25, 0.3) is 11.2 Å². The van der Waals surface area contributed by atoms with E-state index < -0.39 is 16.5 Å². The van der Waals surface area contributed by atoms with E-state index in [9.17, 15) is 19.7 Å². The number of carboxylic acids is 1. The monoisotopic (exact) mass is 318 g/mol. The van der Waals surface area contributed by atoms with Crippen molar-refractivity contribution in [3.63, 3.8) is 0 Å². The number of aliphatic carboxylic acids is 1. The van der Waals surface area contributed by atoms with Crippen molar-refractivity contribution in [2.24, 2.45) is 0 Å². The van der Waals surface area contributed by atoms with E-state index in [4.69, 9.17) is 5.11 Å². The Morgan fingerprint density at radius 1 is 1.61 bits per heavy atom. The van der Waals surface area contributed by atoms with E-state index in [0.29, 0.717) is 0 Å². The molecule has 0 radical (unpaired) electrons. The van der Waals surface area contributed by atoms with Crippen molar-refractivity contribution in [2.75, 3.05) is 0 Å². The molecule has 0 aliphatic heterocycles. The predicted molar refractivity (Wildman–Crippen MR) is 66.7 cm³/mol. The lowest BCUT2D eigenvalue weighted by Gasteiger charge is -2.07. The lowest BCUT2D eigenvalue weighted by atomic mass is 10.2. The maximum Gasteiger partial charge on any atom is 0.303 e. The number of rotatable bonds is 5. The van der Waals surface area contributed by atoms with Gasteiger partial charge in [0.1, 0.15) is 0 Å². The molecule has 0 fully saturated rings. The average Bonchev–Trinajstić information content (AvgIpc) is 2.28. The highest BCUT2D eigenvalue weighted by molar-refractivity contribution is 9.10. The molecule has 7 nitrogen and oxygen atoms in total. The molecule has 0 aliphatic carbocycles. The number of carboxylic acid groups (broad SMARTS) is 1. The van der Waals surface area contributed by atoms with Crippen LogP contribution in [0.25, 0.3) is 0 Å². The van der Waals surface area contributed by atoms with Crippen LogP contribution in [0.5, 0.6) is 0 Å². The largest absolute Gasteiger partial charge is 0.481 e. The number of pyridine rings is 1. The van der Waals surface area contributed by atoms with E-state index in [2.05, 4.69) is 15.9 Å². The fourth-order valence-electron chi connectivity index (χ4n) is 1.45. The number of aryl methyl sites for hydroxylation is 1. The van der Waals surface area contributed by atoms with Crippen LogP contribution in [0.4, 0.5) is 5.69 Å². The van der Waals surface area contributed by atoms with Gasteiger partial charge in [0.05, 0.1) is 15.6 Å². The highest BCUT2D eigenvalue weighted by Gasteiger charge is 2.18. The topological polar surface area (TPSA) is 102 Å². The summed E-state index contributed by atoms with van der Waals surface area (Å²) in [6.07, 6.45) is 1.29. The van der Waals surface area contributed by atoms with Crippen molar-refractivity contribution in [2.45, 2.75) is 26.3 Å². The predicted octanol–water partition coefficient (Wildman–Crippen LogP) is 1.69. The normalized spacial score (nSPS) is 10.3.